The summed E-state index contributed by atoms with van der Waals surface area (Å²) in [4.78, 5) is 11.1. The van der Waals surface area contributed by atoms with Gasteiger partial charge in [0.05, 0.1) is 0 Å². The number of carbonyl (C=O) groups is 1. The van der Waals surface area contributed by atoms with Crippen LogP contribution in [-0.2, 0) is 4.79 Å². The summed E-state index contributed by atoms with van der Waals surface area (Å²) < 4.78 is 0. The van der Waals surface area contributed by atoms with Crippen molar-refractivity contribution in [2.24, 2.45) is 5.73 Å². The molecule has 0 aromatic heterocycles. The third kappa shape index (κ3) is 7.30. The molecule has 12 heavy (non-hydrogen) atoms. The van der Waals surface area contributed by atoms with Crippen molar-refractivity contribution in [3.05, 3.63) is 0 Å². The van der Waals surface area contributed by atoms with Crippen molar-refractivity contribution in [2.75, 3.05) is 0 Å². The molecule has 0 aromatic carbocycles. The van der Waals surface area contributed by atoms with Gasteiger partial charge in [-0.25, -0.2) is 0 Å². The average Bonchev–Trinajstić information content (AvgIpc) is 2.01. The minimum absolute atomic E-state index is 0.126. The van der Waals surface area contributed by atoms with Crippen molar-refractivity contribution < 1.29 is 4.79 Å². The molecule has 0 bridgehead atoms. The predicted molar refractivity (Wildman–Crippen MR) is 50.6 cm³/mol. The summed E-state index contributed by atoms with van der Waals surface area (Å²) in [5.41, 5.74) is 5.51. The van der Waals surface area contributed by atoms with Crippen LogP contribution in [-0.4, -0.2) is 11.8 Å². The minimum Gasteiger partial charge on any atom is -0.328 e. The Labute approximate surface area is 74.5 Å². The number of hydrogen-bond donors (Lipinski definition) is 1. The van der Waals surface area contributed by atoms with Gasteiger partial charge >= 0.3 is 0 Å². The number of Topliss-reactive ketones (excluding diaryl/α,β-unsaturated/α-hetero) is 1. The highest BCUT2D eigenvalue weighted by Gasteiger charge is 2.02. The summed E-state index contributed by atoms with van der Waals surface area (Å²) in [6.07, 6.45) is 8.56. The third-order valence-electron chi connectivity index (χ3n) is 1.66. The maximum atomic E-state index is 11.1. The minimum atomic E-state index is 0.126. The fourth-order valence-corrected chi connectivity index (χ4v) is 0.901. The number of hydrogen-bond acceptors (Lipinski definition) is 2. The molecular weight excluding hydrogens is 150 g/mol. The first-order valence-electron chi connectivity index (χ1n) is 4.37. The average molecular weight is 167 g/mol. The molecule has 0 aliphatic heterocycles. The quantitative estimate of drug-likeness (QED) is 0.481. The molecule has 68 valence electrons. The highest BCUT2D eigenvalue weighted by Crippen LogP contribution is 2.02. The van der Waals surface area contributed by atoms with E-state index in [4.69, 9.17) is 12.2 Å². The van der Waals surface area contributed by atoms with Crippen molar-refractivity contribution in [1.82, 2.24) is 0 Å². The molecule has 0 rings (SSSR count). The summed E-state index contributed by atoms with van der Waals surface area (Å²) in [6.45, 7) is 1.91. The lowest BCUT2D eigenvalue weighted by Gasteiger charge is -2.02. The van der Waals surface area contributed by atoms with E-state index in [0.717, 1.165) is 12.8 Å². The lowest BCUT2D eigenvalue weighted by molar-refractivity contribution is -0.119. The van der Waals surface area contributed by atoms with Crippen molar-refractivity contribution >= 4 is 5.78 Å². The Morgan fingerprint density at radius 2 is 2.25 bits per heavy atom. The molecule has 0 saturated heterocycles. The van der Waals surface area contributed by atoms with Crippen LogP contribution in [0.25, 0.3) is 0 Å². The van der Waals surface area contributed by atoms with E-state index in [1.165, 1.54) is 0 Å². The van der Waals surface area contributed by atoms with Crippen LogP contribution in [0.3, 0.4) is 0 Å². The summed E-state index contributed by atoms with van der Waals surface area (Å²) in [5.74, 6) is 2.79. The molecule has 0 saturated carbocycles. The van der Waals surface area contributed by atoms with Crippen LogP contribution in [0.5, 0.6) is 0 Å². The van der Waals surface area contributed by atoms with Crippen LogP contribution < -0.4 is 5.73 Å². The molecule has 0 aromatic rings. The van der Waals surface area contributed by atoms with Gasteiger partial charge in [0.2, 0.25) is 0 Å². The Morgan fingerprint density at radius 3 is 2.75 bits per heavy atom. The monoisotopic (exact) mass is 167 g/mol. The topological polar surface area (TPSA) is 43.1 Å². The molecular formula is C10H17NO. The Morgan fingerprint density at radius 1 is 1.58 bits per heavy atom. The zero-order chi connectivity index (χ0) is 9.40. The van der Waals surface area contributed by atoms with Crippen LogP contribution in [0.2, 0.25) is 0 Å². The summed E-state index contributed by atoms with van der Waals surface area (Å²) in [6, 6.07) is 0.126. The molecule has 1 unspecified atom stereocenters. The Kier molecular flexibility index (Phi) is 6.41. The highest BCUT2D eigenvalue weighted by molar-refractivity contribution is 5.78. The van der Waals surface area contributed by atoms with Gasteiger partial charge in [0.1, 0.15) is 5.78 Å². The number of ketones is 1. The lowest BCUT2D eigenvalue weighted by Crippen LogP contribution is -2.16. The van der Waals surface area contributed by atoms with Crippen LogP contribution in [0.4, 0.5) is 0 Å². The first-order valence-corrected chi connectivity index (χ1v) is 4.37. The summed E-state index contributed by atoms with van der Waals surface area (Å²) >= 11 is 0. The van der Waals surface area contributed by atoms with E-state index in [2.05, 4.69) is 5.92 Å². The molecule has 0 aliphatic carbocycles. The summed E-state index contributed by atoms with van der Waals surface area (Å²) in [7, 11) is 0. The van der Waals surface area contributed by atoms with Gasteiger partial charge in [-0.3, -0.25) is 4.79 Å². The molecule has 0 aliphatic rings. The number of nitrogens with two attached hydrogens (primary N) is 1. The second-order valence-electron chi connectivity index (χ2n) is 3.11. The Balaban J connectivity index is 3.29. The Bertz CT molecular complexity index is 167. The lowest BCUT2D eigenvalue weighted by atomic mass is 10.1. The molecule has 1 atom stereocenters. The molecule has 0 amide bonds. The van der Waals surface area contributed by atoms with Crippen LogP contribution in [0, 0.1) is 12.3 Å². The highest BCUT2D eigenvalue weighted by atomic mass is 16.1. The fourth-order valence-electron chi connectivity index (χ4n) is 0.901. The van der Waals surface area contributed by atoms with Crippen molar-refractivity contribution in [3.8, 4) is 12.3 Å². The van der Waals surface area contributed by atoms with Gasteiger partial charge < -0.3 is 5.73 Å². The molecule has 0 heterocycles. The van der Waals surface area contributed by atoms with E-state index in [1.54, 1.807) is 0 Å². The van der Waals surface area contributed by atoms with Gasteiger partial charge in [-0.15, -0.1) is 12.3 Å². The molecule has 2 N–H and O–H groups in total. The smallest absolute Gasteiger partial charge is 0.133 e. The van der Waals surface area contributed by atoms with E-state index < -0.39 is 0 Å². The molecule has 0 radical (unpaired) electrons. The molecule has 2 heteroatoms. The van der Waals surface area contributed by atoms with E-state index in [9.17, 15) is 4.79 Å². The van der Waals surface area contributed by atoms with Crippen molar-refractivity contribution in [2.45, 2.75) is 45.1 Å². The van der Waals surface area contributed by atoms with Gasteiger partial charge in [-0.1, -0.05) is 0 Å². The van der Waals surface area contributed by atoms with Gasteiger partial charge in [-0.2, -0.15) is 0 Å². The fraction of sp³-hybridized carbons (Fsp3) is 0.700. The largest absolute Gasteiger partial charge is 0.328 e. The molecule has 0 fully saturated rings. The number of carbonyl (C=O) groups excluding carboxylic acids is 1. The maximum Gasteiger partial charge on any atom is 0.133 e. The van der Waals surface area contributed by atoms with Crippen LogP contribution >= 0.6 is 0 Å². The van der Waals surface area contributed by atoms with Gasteiger partial charge in [-0.05, 0) is 19.8 Å². The molecule has 0 spiro atoms. The summed E-state index contributed by atoms with van der Waals surface area (Å²) in [5, 5.41) is 0. The van der Waals surface area contributed by atoms with Gasteiger partial charge in [0, 0.05) is 25.3 Å². The van der Waals surface area contributed by atoms with Crippen LogP contribution in [0.15, 0.2) is 0 Å². The van der Waals surface area contributed by atoms with E-state index in [-0.39, 0.29) is 11.8 Å². The third-order valence-corrected chi connectivity index (χ3v) is 1.66. The zero-order valence-electron chi connectivity index (χ0n) is 7.68. The van der Waals surface area contributed by atoms with E-state index in [0.29, 0.717) is 19.3 Å². The zero-order valence-corrected chi connectivity index (χ0v) is 7.68. The standard InChI is InChI=1S/C10H17NO/c1-3-4-5-6-10(12)8-7-9(2)11/h1,9H,4-8,11H2,2H3. The van der Waals surface area contributed by atoms with Crippen molar-refractivity contribution in [3.63, 3.8) is 0 Å². The van der Waals surface area contributed by atoms with Crippen molar-refractivity contribution in [1.29, 1.82) is 0 Å². The first-order chi connectivity index (χ1) is 5.66. The number of rotatable bonds is 6. The number of terminal acetylenes is 1. The predicted octanol–water partition coefficient (Wildman–Crippen LogP) is 1.49. The number of unbranched alkanes of at least 4 members (excludes halogenated alkanes) is 1. The first kappa shape index (κ1) is 11.2. The van der Waals surface area contributed by atoms with Gasteiger partial charge in [0.25, 0.3) is 0 Å². The van der Waals surface area contributed by atoms with E-state index >= 15 is 0 Å². The van der Waals surface area contributed by atoms with Gasteiger partial charge in [0.15, 0.2) is 0 Å². The second-order valence-corrected chi connectivity index (χ2v) is 3.11. The molecule has 2 nitrogen and oxygen atoms in total. The Hall–Kier alpha value is -0.810. The van der Waals surface area contributed by atoms with E-state index in [1.807, 2.05) is 6.92 Å². The SMILES string of the molecule is C#CCCCC(=O)CCC(C)N. The normalized spacial score (nSPS) is 12.1. The second kappa shape index (κ2) is 6.87. The van der Waals surface area contributed by atoms with Crippen LogP contribution in [0.1, 0.15) is 39.0 Å². The maximum absolute atomic E-state index is 11.1.